The number of fused-ring (bicyclic) bond motifs is 1. The predicted molar refractivity (Wildman–Crippen MR) is 226 cm³/mol. The maximum absolute atomic E-state index is 2.36. The zero-order chi connectivity index (χ0) is 35.4. The molecule has 0 spiro atoms. The molecule has 0 heterocycles. The van der Waals surface area contributed by atoms with Crippen LogP contribution < -0.4 is 4.90 Å². The van der Waals surface area contributed by atoms with E-state index < -0.39 is 0 Å². The molecule has 1 nitrogen and oxygen atoms in total. The highest BCUT2D eigenvalue weighted by atomic mass is 15.1. The SMILES string of the molecule is c1ccc(-c2ccc(-c3ccccc3N(c3ccccc3)c3ccc(-c4ccc(-c5cccc(-c6ccc7ccccc7c6)c5)cc4)cc3)cc2)cc1. The zero-order valence-electron chi connectivity index (χ0n) is 29.3. The highest BCUT2D eigenvalue weighted by Crippen LogP contribution is 2.41. The molecular weight excluding hydrogens is 639 g/mol. The molecule has 9 aromatic carbocycles. The van der Waals surface area contributed by atoms with Crippen LogP contribution in [0.2, 0.25) is 0 Å². The van der Waals surface area contributed by atoms with E-state index in [4.69, 9.17) is 0 Å². The van der Waals surface area contributed by atoms with Crippen molar-refractivity contribution in [3.63, 3.8) is 0 Å². The van der Waals surface area contributed by atoms with Gasteiger partial charge in [0.1, 0.15) is 0 Å². The topological polar surface area (TPSA) is 3.24 Å². The first-order valence-electron chi connectivity index (χ1n) is 18.2. The summed E-state index contributed by atoms with van der Waals surface area (Å²) >= 11 is 0. The summed E-state index contributed by atoms with van der Waals surface area (Å²) in [6.45, 7) is 0. The van der Waals surface area contributed by atoms with Crippen LogP contribution in [0.15, 0.2) is 224 Å². The van der Waals surface area contributed by atoms with Crippen molar-refractivity contribution in [1.82, 2.24) is 0 Å². The molecule has 9 aromatic rings. The van der Waals surface area contributed by atoms with Crippen LogP contribution in [0.3, 0.4) is 0 Å². The van der Waals surface area contributed by atoms with Crippen LogP contribution in [0, 0.1) is 0 Å². The van der Waals surface area contributed by atoms with E-state index >= 15 is 0 Å². The molecule has 1 heteroatoms. The molecule has 0 fully saturated rings. The summed E-state index contributed by atoms with van der Waals surface area (Å²) in [6, 6.07) is 80.7. The van der Waals surface area contributed by atoms with E-state index in [1.54, 1.807) is 0 Å². The normalized spacial score (nSPS) is 11.0. The maximum atomic E-state index is 2.36. The molecule has 0 aliphatic heterocycles. The zero-order valence-corrected chi connectivity index (χ0v) is 29.3. The van der Waals surface area contributed by atoms with Gasteiger partial charge in [-0.3, -0.25) is 0 Å². The molecule has 53 heavy (non-hydrogen) atoms. The second kappa shape index (κ2) is 14.3. The van der Waals surface area contributed by atoms with Gasteiger partial charge in [-0.15, -0.1) is 0 Å². The van der Waals surface area contributed by atoms with Crippen LogP contribution in [0.1, 0.15) is 0 Å². The van der Waals surface area contributed by atoms with E-state index in [0.717, 1.165) is 17.1 Å². The van der Waals surface area contributed by atoms with Crippen LogP contribution in [-0.2, 0) is 0 Å². The minimum atomic E-state index is 1.11. The Bertz CT molecular complexity index is 2620. The Kier molecular flexibility index (Phi) is 8.66. The van der Waals surface area contributed by atoms with Crippen molar-refractivity contribution < 1.29 is 0 Å². The lowest BCUT2D eigenvalue weighted by Gasteiger charge is -2.28. The molecule has 0 amide bonds. The van der Waals surface area contributed by atoms with Gasteiger partial charge in [0.15, 0.2) is 0 Å². The fourth-order valence-electron chi connectivity index (χ4n) is 7.30. The van der Waals surface area contributed by atoms with E-state index in [1.165, 1.54) is 66.4 Å². The largest absolute Gasteiger partial charge is 0.310 e. The first-order valence-corrected chi connectivity index (χ1v) is 18.2. The van der Waals surface area contributed by atoms with Crippen molar-refractivity contribution in [1.29, 1.82) is 0 Å². The fourth-order valence-corrected chi connectivity index (χ4v) is 7.30. The smallest absolute Gasteiger partial charge is 0.0540 e. The molecule has 0 radical (unpaired) electrons. The van der Waals surface area contributed by atoms with Gasteiger partial charge in [0.2, 0.25) is 0 Å². The summed E-state index contributed by atoms with van der Waals surface area (Å²) in [5, 5.41) is 2.52. The lowest BCUT2D eigenvalue weighted by atomic mass is 9.96. The Hall–Kier alpha value is -6.96. The number of hydrogen-bond donors (Lipinski definition) is 0. The molecule has 9 rings (SSSR count). The van der Waals surface area contributed by atoms with Crippen molar-refractivity contribution in [2.24, 2.45) is 0 Å². The summed E-state index contributed by atoms with van der Waals surface area (Å²) in [6.07, 6.45) is 0. The maximum Gasteiger partial charge on any atom is 0.0540 e. The molecule has 0 aliphatic carbocycles. The predicted octanol–water partition coefficient (Wildman–Crippen LogP) is 14.6. The van der Waals surface area contributed by atoms with Gasteiger partial charge in [0.25, 0.3) is 0 Å². The van der Waals surface area contributed by atoms with Crippen molar-refractivity contribution in [3.8, 4) is 55.6 Å². The minimum Gasteiger partial charge on any atom is -0.310 e. The number of hydrogen-bond acceptors (Lipinski definition) is 1. The highest BCUT2D eigenvalue weighted by molar-refractivity contribution is 5.90. The Morgan fingerprint density at radius 3 is 1.32 bits per heavy atom. The van der Waals surface area contributed by atoms with Gasteiger partial charge in [0, 0.05) is 16.9 Å². The Balaban J connectivity index is 1.00. The van der Waals surface area contributed by atoms with Gasteiger partial charge in [-0.05, 0) is 103 Å². The lowest BCUT2D eigenvalue weighted by molar-refractivity contribution is 1.28. The van der Waals surface area contributed by atoms with Gasteiger partial charge in [0.05, 0.1) is 5.69 Å². The van der Waals surface area contributed by atoms with Crippen LogP contribution in [0.4, 0.5) is 17.1 Å². The first-order chi connectivity index (χ1) is 26.3. The number of rotatable bonds is 8. The van der Waals surface area contributed by atoms with E-state index in [-0.39, 0.29) is 0 Å². The van der Waals surface area contributed by atoms with E-state index in [2.05, 4.69) is 229 Å². The van der Waals surface area contributed by atoms with Gasteiger partial charge in [-0.1, -0.05) is 182 Å². The summed E-state index contributed by atoms with van der Waals surface area (Å²) < 4.78 is 0. The molecular formula is C52H37N. The van der Waals surface area contributed by atoms with E-state index in [9.17, 15) is 0 Å². The summed E-state index contributed by atoms with van der Waals surface area (Å²) in [5.74, 6) is 0. The third-order valence-electron chi connectivity index (χ3n) is 10.1. The third kappa shape index (κ3) is 6.65. The van der Waals surface area contributed by atoms with Gasteiger partial charge < -0.3 is 4.90 Å². The summed E-state index contributed by atoms with van der Waals surface area (Å²) in [5.41, 5.74) is 15.4. The lowest BCUT2D eigenvalue weighted by Crippen LogP contribution is -2.11. The van der Waals surface area contributed by atoms with E-state index in [1.807, 2.05) is 0 Å². The molecule has 0 bridgehead atoms. The van der Waals surface area contributed by atoms with Crippen molar-refractivity contribution >= 4 is 27.8 Å². The molecule has 0 unspecified atom stereocenters. The molecule has 0 saturated carbocycles. The monoisotopic (exact) mass is 675 g/mol. The second-order valence-electron chi connectivity index (χ2n) is 13.4. The summed E-state index contributed by atoms with van der Waals surface area (Å²) in [4.78, 5) is 2.36. The second-order valence-corrected chi connectivity index (χ2v) is 13.4. The first kappa shape index (κ1) is 32.0. The van der Waals surface area contributed by atoms with Gasteiger partial charge in [-0.25, -0.2) is 0 Å². The van der Waals surface area contributed by atoms with Crippen LogP contribution >= 0.6 is 0 Å². The number of anilines is 3. The van der Waals surface area contributed by atoms with Gasteiger partial charge >= 0.3 is 0 Å². The van der Waals surface area contributed by atoms with Crippen molar-refractivity contribution in [2.45, 2.75) is 0 Å². The number of para-hydroxylation sites is 2. The van der Waals surface area contributed by atoms with E-state index in [0.29, 0.717) is 0 Å². The number of benzene rings is 9. The molecule has 0 atom stereocenters. The summed E-state index contributed by atoms with van der Waals surface area (Å²) in [7, 11) is 0. The van der Waals surface area contributed by atoms with Crippen LogP contribution in [-0.4, -0.2) is 0 Å². The highest BCUT2D eigenvalue weighted by Gasteiger charge is 2.17. The fraction of sp³-hybridized carbons (Fsp3) is 0. The van der Waals surface area contributed by atoms with Crippen LogP contribution in [0.25, 0.3) is 66.4 Å². The van der Waals surface area contributed by atoms with Crippen molar-refractivity contribution in [2.75, 3.05) is 4.90 Å². The Morgan fingerprint density at radius 2 is 0.642 bits per heavy atom. The molecule has 250 valence electrons. The van der Waals surface area contributed by atoms with Crippen LogP contribution in [0.5, 0.6) is 0 Å². The number of nitrogens with zero attached hydrogens (tertiary/aromatic N) is 1. The molecule has 0 saturated heterocycles. The average Bonchev–Trinajstić information content (AvgIpc) is 3.25. The Morgan fingerprint density at radius 1 is 0.226 bits per heavy atom. The van der Waals surface area contributed by atoms with Crippen molar-refractivity contribution in [3.05, 3.63) is 224 Å². The minimum absolute atomic E-state index is 1.11. The van der Waals surface area contributed by atoms with Gasteiger partial charge in [-0.2, -0.15) is 0 Å². The molecule has 0 aliphatic rings. The molecule has 0 aromatic heterocycles. The Labute approximate surface area is 311 Å². The molecule has 0 N–H and O–H groups in total. The average molecular weight is 676 g/mol. The standard InChI is InChI=1S/C52H37N/c1-3-12-38(13-4-1)40-26-29-44(30-27-40)51-20-9-10-21-52(51)53(49-18-5-2-6-19-49)50-34-32-42(33-35-50)41-22-24-43(25-23-41)46-16-11-17-47(36-46)48-31-28-39-14-7-8-15-45(39)37-48/h1-37H. The quantitative estimate of drug-likeness (QED) is 0.155. The third-order valence-corrected chi connectivity index (χ3v) is 10.1.